The molecule has 1 aliphatic heterocycles. The van der Waals surface area contributed by atoms with Gasteiger partial charge in [-0.15, -0.1) is 11.3 Å². The number of ether oxygens (including phenoxy) is 1. The number of thiophene rings is 1. The van der Waals surface area contributed by atoms with Crippen LogP contribution in [0, 0.1) is 0 Å². The minimum atomic E-state index is -0.208. The molecule has 4 rings (SSSR count). The van der Waals surface area contributed by atoms with Crippen LogP contribution in [-0.4, -0.2) is 53.7 Å². The SMILES string of the molecule is CCOC(=O)N1CCN(c2nc(CC)nc3sc4c(c23)CCC4)CC1. The number of carbonyl (C=O) groups excluding carboxylic acids is 1. The van der Waals surface area contributed by atoms with Crippen molar-refractivity contribution in [2.24, 2.45) is 0 Å². The van der Waals surface area contributed by atoms with E-state index in [-0.39, 0.29) is 6.09 Å². The molecule has 2 aliphatic rings. The summed E-state index contributed by atoms with van der Waals surface area (Å²) in [6.45, 7) is 7.31. The van der Waals surface area contributed by atoms with Gasteiger partial charge < -0.3 is 14.5 Å². The van der Waals surface area contributed by atoms with E-state index in [1.54, 1.807) is 4.90 Å². The summed E-state index contributed by atoms with van der Waals surface area (Å²) in [6, 6.07) is 0. The van der Waals surface area contributed by atoms with Crippen molar-refractivity contribution in [2.75, 3.05) is 37.7 Å². The highest BCUT2D eigenvalue weighted by Gasteiger charge is 2.28. The van der Waals surface area contributed by atoms with Crippen LogP contribution >= 0.6 is 11.3 Å². The largest absolute Gasteiger partial charge is 0.450 e. The molecule has 25 heavy (non-hydrogen) atoms. The van der Waals surface area contributed by atoms with Crippen molar-refractivity contribution in [3.63, 3.8) is 0 Å². The highest BCUT2D eigenvalue weighted by Crippen LogP contribution is 2.40. The van der Waals surface area contributed by atoms with Gasteiger partial charge in [-0.05, 0) is 31.7 Å². The standard InChI is InChI=1S/C18H24N4O2S/c1-3-14-19-16(15-12-6-5-7-13(12)25-17(15)20-14)21-8-10-22(11-9-21)18(23)24-4-2/h3-11H2,1-2H3. The zero-order chi connectivity index (χ0) is 17.4. The summed E-state index contributed by atoms with van der Waals surface area (Å²) < 4.78 is 5.12. The second kappa shape index (κ2) is 6.78. The Labute approximate surface area is 151 Å². The molecule has 1 aliphatic carbocycles. The Balaban J connectivity index is 1.64. The van der Waals surface area contributed by atoms with Crippen LogP contribution in [-0.2, 0) is 24.0 Å². The molecule has 1 saturated heterocycles. The molecule has 0 spiro atoms. The summed E-state index contributed by atoms with van der Waals surface area (Å²) in [7, 11) is 0. The first kappa shape index (κ1) is 16.6. The summed E-state index contributed by atoms with van der Waals surface area (Å²) in [4.78, 5) is 28.3. The molecule has 0 unspecified atom stereocenters. The topological polar surface area (TPSA) is 58.6 Å². The summed E-state index contributed by atoms with van der Waals surface area (Å²) >= 11 is 1.84. The van der Waals surface area contributed by atoms with Gasteiger partial charge in [0.25, 0.3) is 0 Å². The molecule has 0 atom stereocenters. The van der Waals surface area contributed by atoms with E-state index >= 15 is 0 Å². The molecular formula is C18H24N4O2S. The van der Waals surface area contributed by atoms with Gasteiger partial charge in [0.2, 0.25) is 0 Å². The van der Waals surface area contributed by atoms with Crippen molar-refractivity contribution >= 4 is 33.5 Å². The van der Waals surface area contributed by atoms with Gasteiger partial charge in [0.15, 0.2) is 0 Å². The molecule has 0 N–H and O–H groups in total. The Morgan fingerprint density at radius 1 is 1.16 bits per heavy atom. The van der Waals surface area contributed by atoms with E-state index < -0.39 is 0 Å². The molecular weight excluding hydrogens is 336 g/mol. The minimum absolute atomic E-state index is 0.208. The normalized spacial score (nSPS) is 17.2. The number of hydrogen-bond donors (Lipinski definition) is 0. The summed E-state index contributed by atoms with van der Waals surface area (Å²) in [5, 5.41) is 1.26. The quantitative estimate of drug-likeness (QED) is 0.842. The molecule has 0 bridgehead atoms. The van der Waals surface area contributed by atoms with E-state index in [2.05, 4.69) is 11.8 Å². The number of aryl methyl sites for hydroxylation is 3. The number of fused-ring (bicyclic) bond motifs is 3. The van der Waals surface area contributed by atoms with E-state index in [1.807, 2.05) is 18.3 Å². The fourth-order valence-corrected chi connectivity index (χ4v) is 5.00. The van der Waals surface area contributed by atoms with Crippen LogP contribution in [0.1, 0.15) is 36.5 Å². The molecule has 3 heterocycles. The van der Waals surface area contributed by atoms with Gasteiger partial charge >= 0.3 is 6.09 Å². The lowest BCUT2D eigenvalue weighted by atomic mass is 10.1. The van der Waals surface area contributed by atoms with Gasteiger partial charge in [-0.25, -0.2) is 14.8 Å². The molecule has 1 fully saturated rings. The minimum Gasteiger partial charge on any atom is -0.450 e. The average Bonchev–Trinajstić information content (AvgIpc) is 3.22. The molecule has 2 aromatic rings. The predicted octanol–water partition coefficient (Wildman–Crippen LogP) is 3.02. The smallest absolute Gasteiger partial charge is 0.409 e. The molecule has 6 nitrogen and oxygen atoms in total. The van der Waals surface area contributed by atoms with Crippen LogP contribution < -0.4 is 4.90 Å². The lowest BCUT2D eigenvalue weighted by Gasteiger charge is -2.35. The third kappa shape index (κ3) is 2.94. The summed E-state index contributed by atoms with van der Waals surface area (Å²) in [5.74, 6) is 1.99. The molecule has 1 amide bonds. The maximum atomic E-state index is 11.9. The highest BCUT2D eigenvalue weighted by molar-refractivity contribution is 7.19. The number of rotatable bonds is 3. The van der Waals surface area contributed by atoms with Gasteiger partial charge in [0.05, 0.1) is 12.0 Å². The monoisotopic (exact) mass is 360 g/mol. The first-order valence-corrected chi connectivity index (χ1v) is 10.0. The number of aromatic nitrogens is 2. The first-order valence-electron chi connectivity index (χ1n) is 9.19. The van der Waals surface area contributed by atoms with Gasteiger partial charge in [-0.3, -0.25) is 0 Å². The summed E-state index contributed by atoms with van der Waals surface area (Å²) in [6.07, 6.45) is 4.19. The Morgan fingerprint density at radius 2 is 1.96 bits per heavy atom. The second-order valence-electron chi connectivity index (χ2n) is 6.53. The van der Waals surface area contributed by atoms with E-state index in [1.165, 1.54) is 28.7 Å². The van der Waals surface area contributed by atoms with Crippen molar-refractivity contribution in [2.45, 2.75) is 39.5 Å². The van der Waals surface area contributed by atoms with Crippen LogP contribution in [0.4, 0.5) is 10.6 Å². The first-order chi connectivity index (χ1) is 12.2. The Morgan fingerprint density at radius 3 is 2.68 bits per heavy atom. The van der Waals surface area contributed by atoms with Gasteiger partial charge in [0, 0.05) is 37.5 Å². The third-order valence-corrected chi connectivity index (χ3v) is 6.20. The zero-order valence-electron chi connectivity index (χ0n) is 14.9. The number of amides is 1. The van der Waals surface area contributed by atoms with E-state index in [4.69, 9.17) is 14.7 Å². The average molecular weight is 360 g/mol. The lowest BCUT2D eigenvalue weighted by molar-refractivity contribution is 0.105. The van der Waals surface area contributed by atoms with Crippen molar-refractivity contribution in [1.82, 2.24) is 14.9 Å². The van der Waals surface area contributed by atoms with Crippen molar-refractivity contribution in [3.8, 4) is 0 Å². The highest BCUT2D eigenvalue weighted by atomic mass is 32.1. The van der Waals surface area contributed by atoms with Crippen LogP contribution in [0.5, 0.6) is 0 Å². The molecule has 2 aromatic heterocycles. The van der Waals surface area contributed by atoms with Crippen molar-refractivity contribution < 1.29 is 9.53 Å². The third-order valence-electron chi connectivity index (χ3n) is 5.01. The fraction of sp³-hybridized carbons (Fsp3) is 0.611. The molecule has 0 saturated carbocycles. The number of hydrogen-bond acceptors (Lipinski definition) is 6. The number of carbonyl (C=O) groups is 1. The molecule has 134 valence electrons. The predicted molar refractivity (Wildman–Crippen MR) is 99.6 cm³/mol. The van der Waals surface area contributed by atoms with Crippen LogP contribution in [0.3, 0.4) is 0 Å². The maximum Gasteiger partial charge on any atom is 0.409 e. The van der Waals surface area contributed by atoms with E-state index in [9.17, 15) is 4.79 Å². The number of piperazine rings is 1. The van der Waals surface area contributed by atoms with Gasteiger partial charge in [0.1, 0.15) is 16.5 Å². The van der Waals surface area contributed by atoms with Crippen molar-refractivity contribution in [1.29, 1.82) is 0 Å². The van der Waals surface area contributed by atoms with E-state index in [0.29, 0.717) is 19.7 Å². The van der Waals surface area contributed by atoms with Crippen molar-refractivity contribution in [3.05, 3.63) is 16.3 Å². The molecule has 7 heteroatoms. The van der Waals surface area contributed by atoms with Gasteiger partial charge in [-0.2, -0.15) is 0 Å². The summed E-state index contributed by atoms with van der Waals surface area (Å²) in [5.41, 5.74) is 1.46. The molecule has 0 aromatic carbocycles. The van der Waals surface area contributed by atoms with Crippen LogP contribution in [0.2, 0.25) is 0 Å². The fourth-order valence-electron chi connectivity index (χ4n) is 3.72. The number of nitrogens with zero attached hydrogens (tertiary/aromatic N) is 4. The Hall–Kier alpha value is -1.89. The zero-order valence-corrected chi connectivity index (χ0v) is 15.7. The van der Waals surface area contributed by atoms with Crippen LogP contribution in [0.15, 0.2) is 0 Å². The second-order valence-corrected chi connectivity index (χ2v) is 7.61. The van der Waals surface area contributed by atoms with Crippen LogP contribution in [0.25, 0.3) is 10.2 Å². The maximum absolute atomic E-state index is 11.9. The van der Waals surface area contributed by atoms with Gasteiger partial charge in [-0.1, -0.05) is 6.92 Å². The molecule has 0 radical (unpaired) electrons. The Kier molecular flexibility index (Phi) is 4.50. The van der Waals surface area contributed by atoms with E-state index in [0.717, 1.165) is 42.4 Å². The number of anilines is 1. The Bertz CT molecular complexity index is 796. The lowest BCUT2D eigenvalue weighted by Crippen LogP contribution is -2.49.